The van der Waals surface area contributed by atoms with Crippen molar-refractivity contribution < 1.29 is 14.6 Å². The van der Waals surface area contributed by atoms with Crippen LogP contribution in [0.4, 0.5) is 0 Å². The van der Waals surface area contributed by atoms with E-state index in [1.54, 1.807) is 19.1 Å². The number of nitrogens with zero attached hydrogens (tertiary/aromatic N) is 1. The summed E-state index contributed by atoms with van der Waals surface area (Å²) in [5, 5.41) is 10.7. The minimum absolute atomic E-state index is 0.109. The number of phenols is 1. The number of para-hydroxylation sites is 1. The molecule has 0 saturated heterocycles. The molecule has 1 N–H and O–H groups in total. The van der Waals surface area contributed by atoms with Crippen LogP contribution in [0.3, 0.4) is 0 Å². The molecule has 0 fully saturated rings. The number of rotatable bonds is 4. The Morgan fingerprint density at radius 1 is 0.963 bits per heavy atom. The van der Waals surface area contributed by atoms with E-state index in [4.69, 9.17) is 4.74 Å². The molecule has 1 heterocycles. The number of hydrogen-bond donors (Lipinski definition) is 1. The fourth-order valence-electron chi connectivity index (χ4n) is 3.40. The smallest absolute Gasteiger partial charge is 0.340 e. The van der Waals surface area contributed by atoms with Gasteiger partial charge in [0.05, 0.1) is 23.4 Å². The Bertz CT molecular complexity index is 1100. The molecule has 4 heteroatoms. The first-order valence-corrected chi connectivity index (χ1v) is 8.86. The Balaban J connectivity index is 2.16. The molecule has 1 aromatic heterocycles. The number of aromatic hydroxyl groups is 1. The summed E-state index contributed by atoms with van der Waals surface area (Å²) in [5.74, 6) is -0.292. The molecule has 0 aliphatic heterocycles. The van der Waals surface area contributed by atoms with Crippen LogP contribution in [0.25, 0.3) is 27.8 Å². The lowest BCUT2D eigenvalue weighted by Crippen LogP contribution is -2.07. The van der Waals surface area contributed by atoms with Gasteiger partial charge in [0, 0.05) is 11.1 Å². The van der Waals surface area contributed by atoms with Crippen molar-refractivity contribution in [3.05, 3.63) is 84.4 Å². The normalized spacial score (nSPS) is 10.9. The number of benzene rings is 3. The zero-order valence-corrected chi connectivity index (χ0v) is 14.9. The highest BCUT2D eigenvalue weighted by atomic mass is 16.5. The van der Waals surface area contributed by atoms with Crippen LogP contribution in [-0.4, -0.2) is 22.2 Å². The van der Waals surface area contributed by atoms with Crippen LogP contribution < -0.4 is 0 Å². The number of ether oxygens (including phenoxy) is 1. The second kappa shape index (κ2) is 7.00. The highest BCUT2D eigenvalue weighted by molar-refractivity contribution is 6.11. The van der Waals surface area contributed by atoms with E-state index in [9.17, 15) is 9.90 Å². The predicted molar refractivity (Wildman–Crippen MR) is 106 cm³/mol. The Labute approximate surface area is 157 Å². The molecule has 0 amide bonds. The molecule has 27 heavy (non-hydrogen) atoms. The highest BCUT2D eigenvalue weighted by Crippen LogP contribution is 2.38. The molecule has 0 aliphatic rings. The number of carbonyl (C=O) groups is 1. The Morgan fingerprint density at radius 2 is 1.63 bits per heavy atom. The first-order valence-electron chi connectivity index (χ1n) is 8.86. The van der Waals surface area contributed by atoms with Crippen LogP contribution in [0.15, 0.2) is 78.9 Å². The monoisotopic (exact) mass is 357 g/mol. The highest BCUT2D eigenvalue weighted by Gasteiger charge is 2.25. The molecule has 0 radical (unpaired) electrons. The van der Waals surface area contributed by atoms with Crippen molar-refractivity contribution in [2.45, 2.75) is 6.92 Å². The lowest BCUT2D eigenvalue weighted by atomic mass is 10.0. The van der Waals surface area contributed by atoms with E-state index in [2.05, 4.69) is 0 Å². The molecular weight excluding hydrogens is 338 g/mol. The van der Waals surface area contributed by atoms with Crippen LogP contribution in [0.2, 0.25) is 0 Å². The van der Waals surface area contributed by atoms with E-state index in [1.807, 2.05) is 71.3 Å². The van der Waals surface area contributed by atoms with Gasteiger partial charge in [0.2, 0.25) is 0 Å². The van der Waals surface area contributed by atoms with Gasteiger partial charge in [-0.05, 0) is 42.8 Å². The van der Waals surface area contributed by atoms with Crippen LogP contribution >= 0.6 is 0 Å². The van der Waals surface area contributed by atoms with Crippen LogP contribution in [0.5, 0.6) is 5.75 Å². The van der Waals surface area contributed by atoms with Gasteiger partial charge < -0.3 is 14.4 Å². The predicted octanol–water partition coefficient (Wildman–Crippen LogP) is 5.18. The maximum absolute atomic E-state index is 12.9. The second-order valence-corrected chi connectivity index (χ2v) is 6.18. The summed E-state index contributed by atoms with van der Waals surface area (Å²) in [6.07, 6.45) is 0. The number of esters is 1. The molecule has 4 rings (SSSR count). The Kier molecular flexibility index (Phi) is 4.38. The molecule has 0 saturated carbocycles. The average Bonchev–Trinajstić information content (AvgIpc) is 3.04. The van der Waals surface area contributed by atoms with Crippen LogP contribution in [0, 0.1) is 0 Å². The zero-order chi connectivity index (χ0) is 18.8. The molecule has 4 nitrogen and oxygen atoms in total. The van der Waals surface area contributed by atoms with Gasteiger partial charge in [0.25, 0.3) is 0 Å². The van der Waals surface area contributed by atoms with E-state index in [-0.39, 0.29) is 12.4 Å². The average molecular weight is 357 g/mol. The van der Waals surface area contributed by atoms with Gasteiger partial charge in [0.15, 0.2) is 0 Å². The van der Waals surface area contributed by atoms with Gasteiger partial charge in [-0.1, -0.05) is 48.5 Å². The molecule has 134 valence electrons. The maximum Gasteiger partial charge on any atom is 0.340 e. The van der Waals surface area contributed by atoms with Gasteiger partial charge in [-0.2, -0.15) is 0 Å². The van der Waals surface area contributed by atoms with Crippen molar-refractivity contribution in [3.8, 4) is 22.7 Å². The summed E-state index contributed by atoms with van der Waals surface area (Å²) in [5.41, 5.74) is 3.88. The fraction of sp³-hybridized carbons (Fsp3) is 0.0870. The molecule has 0 aliphatic carbocycles. The first kappa shape index (κ1) is 16.9. The summed E-state index contributed by atoms with van der Waals surface area (Å²) in [4.78, 5) is 12.9. The number of aromatic nitrogens is 1. The van der Waals surface area contributed by atoms with Crippen molar-refractivity contribution in [2.75, 3.05) is 6.61 Å². The number of fused-ring (bicyclic) bond motifs is 1. The van der Waals surface area contributed by atoms with Crippen LogP contribution in [0.1, 0.15) is 17.3 Å². The van der Waals surface area contributed by atoms with Gasteiger partial charge in [0.1, 0.15) is 5.75 Å². The Morgan fingerprint density at radius 3 is 2.30 bits per heavy atom. The van der Waals surface area contributed by atoms with Crippen molar-refractivity contribution in [1.29, 1.82) is 0 Å². The molecule has 0 atom stereocenters. The number of hydrogen-bond acceptors (Lipinski definition) is 3. The maximum atomic E-state index is 12.9. The van der Waals surface area contributed by atoms with Crippen molar-refractivity contribution in [2.24, 2.45) is 0 Å². The SMILES string of the molecule is CCOC(=O)c1c(-c2ccccc2)n(-c2ccccc2)c2ccc(O)cc12. The van der Waals surface area contributed by atoms with Gasteiger partial charge in [-0.15, -0.1) is 0 Å². The van der Waals surface area contributed by atoms with Crippen molar-refractivity contribution >= 4 is 16.9 Å². The molecule has 4 aromatic rings. The van der Waals surface area contributed by atoms with E-state index in [0.717, 1.165) is 22.5 Å². The van der Waals surface area contributed by atoms with Gasteiger partial charge >= 0.3 is 5.97 Å². The first-order chi connectivity index (χ1) is 13.2. The second-order valence-electron chi connectivity index (χ2n) is 6.18. The van der Waals surface area contributed by atoms with E-state index >= 15 is 0 Å². The minimum atomic E-state index is -0.401. The van der Waals surface area contributed by atoms with Gasteiger partial charge in [-0.3, -0.25) is 0 Å². The molecular formula is C23H19NO3. The Hall–Kier alpha value is -3.53. The largest absolute Gasteiger partial charge is 0.508 e. The third-order valence-electron chi connectivity index (χ3n) is 4.49. The van der Waals surface area contributed by atoms with Crippen molar-refractivity contribution in [1.82, 2.24) is 4.57 Å². The summed E-state index contributed by atoms with van der Waals surface area (Å²) in [6, 6.07) is 24.7. The lowest BCUT2D eigenvalue weighted by Gasteiger charge is -2.12. The standard InChI is InChI=1S/C23H19NO3/c1-2-27-23(26)21-19-15-18(25)13-14-20(19)24(17-11-7-4-8-12-17)22(21)16-9-5-3-6-10-16/h3-15,25H,2H2,1H3. The van der Waals surface area contributed by atoms with E-state index < -0.39 is 5.97 Å². The molecule has 0 bridgehead atoms. The molecule has 0 spiro atoms. The summed E-state index contributed by atoms with van der Waals surface area (Å²) >= 11 is 0. The molecule has 0 unspecified atom stereocenters. The van der Waals surface area contributed by atoms with E-state index in [0.29, 0.717) is 10.9 Å². The minimum Gasteiger partial charge on any atom is -0.508 e. The molecule has 3 aromatic carbocycles. The van der Waals surface area contributed by atoms with Crippen molar-refractivity contribution in [3.63, 3.8) is 0 Å². The quantitative estimate of drug-likeness (QED) is 0.512. The number of phenolic OH excluding ortho intramolecular Hbond substituents is 1. The topological polar surface area (TPSA) is 51.5 Å². The van der Waals surface area contributed by atoms with Crippen LogP contribution in [-0.2, 0) is 4.74 Å². The summed E-state index contributed by atoms with van der Waals surface area (Å²) in [7, 11) is 0. The lowest BCUT2D eigenvalue weighted by molar-refractivity contribution is 0.0529. The van der Waals surface area contributed by atoms with E-state index in [1.165, 1.54) is 0 Å². The summed E-state index contributed by atoms with van der Waals surface area (Å²) in [6.45, 7) is 2.07. The number of carbonyl (C=O) groups excluding carboxylic acids is 1. The zero-order valence-electron chi connectivity index (χ0n) is 14.9. The van der Waals surface area contributed by atoms with Gasteiger partial charge in [-0.25, -0.2) is 4.79 Å². The third-order valence-corrected chi connectivity index (χ3v) is 4.49. The fourth-order valence-corrected chi connectivity index (χ4v) is 3.40. The summed E-state index contributed by atoms with van der Waals surface area (Å²) < 4.78 is 7.39. The third kappa shape index (κ3) is 2.95.